The van der Waals surface area contributed by atoms with Gasteiger partial charge in [0.25, 0.3) is 5.91 Å². The summed E-state index contributed by atoms with van der Waals surface area (Å²) in [6, 6.07) is 6.64. The van der Waals surface area contributed by atoms with Crippen LogP contribution in [0.4, 0.5) is 0 Å². The number of nitrogens with zero attached hydrogens (tertiary/aromatic N) is 1. The molecule has 0 aliphatic carbocycles. The molecule has 1 unspecified atom stereocenters. The minimum atomic E-state index is -0.407. The summed E-state index contributed by atoms with van der Waals surface area (Å²) in [4.78, 5) is 24.7. The molecule has 7 nitrogen and oxygen atoms in total. The van der Waals surface area contributed by atoms with Gasteiger partial charge >= 0.3 is 0 Å². The Bertz CT molecular complexity index is 489. The molecule has 108 valence electrons. The van der Waals surface area contributed by atoms with E-state index in [1.54, 1.807) is 12.1 Å². The first kappa shape index (κ1) is 14.4. The number of ether oxygens (including phenoxy) is 1. The third-order valence-electron chi connectivity index (χ3n) is 3.30. The molecule has 0 aromatic heterocycles. The molecule has 20 heavy (non-hydrogen) atoms. The minimum Gasteiger partial charge on any atom is -0.378 e. The van der Waals surface area contributed by atoms with Crippen LogP contribution in [0.25, 0.3) is 0 Å². The third kappa shape index (κ3) is 3.32. The lowest BCUT2D eigenvalue weighted by Gasteiger charge is -2.33. The number of carbonyl (C=O) groups is 2. The largest absolute Gasteiger partial charge is 0.378 e. The summed E-state index contributed by atoms with van der Waals surface area (Å²) < 4.78 is 5.27. The highest BCUT2D eigenvalue weighted by Gasteiger charge is 2.27. The Balaban J connectivity index is 2.05. The molecule has 1 aliphatic rings. The van der Waals surface area contributed by atoms with Crippen molar-refractivity contribution >= 4 is 11.8 Å². The summed E-state index contributed by atoms with van der Waals surface area (Å²) in [6.07, 6.45) is 0. The van der Waals surface area contributed by atoms with Gasteiger partial charge in [-0.2, -0.15) is 0 Å². The average molecular weight is 278 g/mol. The van der Waals surface area contributed by atoms with E-state index in [2.05, 4.69) is 5.43 Å². The van der Waals surface area contributed by atoms with Gasteiger partial charge in [-0.15, -0.1) is 0 Å². The number of hydrogen-bond donors (Lipinski definition) is 3. The van der Waals surface area contributed by atoms with Crippen molar-refractivity contribution in [3.63, 3.8) is 0 Å². The summed E-state index contributed by atoms with van der Waals surface area (Å²) >= 11 is 0. The Hall–Kier alpha value is -1.96. The molecule has 1 aromatic carbocycles. The molecule has 1 aliphatic heterocycles. The summed E-state index contributed by atoms with van der Waals surface area (Å²) in [5.41, 5.74) is 8.93. The molecule has 5 N–H and O–H groups in total. The van der Waals surface area contributed by atoms with Crippen LogP contribution in [0.3, 0.4) is 0 Å². The summed E-state index contributed by atoms with van der Waals surface area (Å²) in [7, 11) is 0. The molecule has 1 saturated heterocycles. The second-order valence-corrected chi connectivity index (χ2v) is 4.63. The van der Waals surface area contributed by atoms with E-state index in [-0.39, 0.29) is 11.8 Å². The first-order chi connectivity index (χ1) is 9.61. The van der Waals surface area contributed by atoms with Crippen LogP contribution in [0, 0.1) is 0 Å². The van der Waals surface area contributed by atoms with Gasteiger partial charge in [-0.25, -0.2) is 5.84 Å². The van der Waals surface area contributed by atoms with Gasteiger partial charge in [0.1, 0.15) is 6.04 Å². The lowest BCUT2D eigenvalue weighted by molar-refractivity contribution is -0.129. The predicted octanol–water partition coefficient (Wildman–Crippen LogP) is -1.02. The van der Waals surface area contributed by atoms with Crippen LogP contribution in [0.2, 0.25) is 0 Å². The first-order valence-corrected chi connectivity index (χ1v) is 6.33. The normalized spacial score (nSPS) is 19.6. The van der Waals surface area contributed by atoms with E-state index < -0.39 is 6.04 Å². The number of amides is 2. The van der Waals surface area contributed by atoms with Crippen molar-refractivity contribution < 1.29 is 14.3 Å². The number of hydrogen-bond acceptors (Lipinski definition) is 5. The number of nitrogens with one attached hydrogen (secondary N) is 1. The molecule has 7 heteroatoms. The Labute approximate surface area is 116 Å². The fourth-order valence-electron chi connectivity index (χ4n) is 2.17. The van der Waals surface area contributed by atoms with Crippen LogP contribution >= 0.6 is 0 Å². The number of rotatable bonds is 4. The zero-order valence-electron chi connectivity index (χ0n) is 11.0. The number of hydrazine groups is 1. The van der Waals surface area contributed by atoms with Gasteiger partial charge in [0, 0.05) is 18.7 Å². The molecule has 0 saturated carbocycles. The quantitative estimate of drug-likeness (QED) is 0.371. The molecular formula is C13H18N4O3. The van der Waals surface area contributed by atoms with E-state index in [0.717, 1.165) is 5.56 Å². The summed E-state index contributed by atoms with van der Waals surface area (Å²) in [5, 5.41) is 0. The Morgan fingerprint density at radius 1 is 1.35 bits per heavy atom. The van der Waals surface area contributed by atoms with E-state index >= 15 is 0 Å². The molecular weight excluding hydrogens is 260 g/mol. The molecule has 2 amide bonds. The predicted molar refractivity (Wildman–Crippen MR) is 72.3 cm³/mol. The lowest BCUT2D eigenvalue weighted by Crippen LogP contribution is -2.51. The standard InChI is InChI=1S/C13H18N4O3/c14-12(18)11-8-20-6-5-17(11)7-9-1-3-10(4-2-9)13(19)16-15/h1-4,11H,5-8,15H2,(H2,14,18)(H,16,19). The van der Waals surface area contributed by atoms with E-state index in [1.165, 1.54) is 0 Å². The number of morpholine rings is 1. The molecule has 1 heterocycles. The second-order valence-electron chi connectivity index (χ2n) is 4.63. The van der Waals surface area contributed by atoms with Crippen LogP contribution in [0.5, 0.6) is 0 Å². The second kappa shape index (κ2) is 6.47. The molecule has 2 rings (SSSR count). The minimum absolute atomic E-state index is 0.322. The van der Waals surface area contributed by atoms with Crippen LogP contribution in [-0.2, 0) is 16.1 Å². The van der Waals surface area contributed by atoms with Crippen molar-refractivity contribution in [2.75, 3.05) is 19.8 Å². The summed E-state index contributed by atoms with van der Waals surface area (Å²) in [5.74, 6) is 4.35. The maximum atomic E-state index is 11.4. The van der Waals surface area contributed by atoms with Gasteiger partial charge in [-0.05, 0) is 17.7 Å². The highest BCUT2D eigenvalue weighted by molar-refractivity contribution is 5.93. The van der Waals surface area contributed by atoms with Gasteiger partial charge in [0.2, 0.25) is 5.91 Å². The van der Waals surface area contributed by atoms with Crippen molar-refractivity contribution in [3.8, 4) is 0 Å². The third-order valence-corrected chi connectivity index (χ3v) is 3.30. The molecule has 1 aromatic rings. The fraction of sp³-hybridized carbons (Fsp3) is 0.385. The van der Waals surface area contributed by atoms with Gasteiger partial charge in [-0.3, -0.25) is 19.9 Å². The molecule has 1 fully saturated rings. The van der Waals surface area contributed by atoms with E-state index in [9.17, 15) is 9.59 Å². The van der Waals surface area contributed by atoms with Gasteiger partial charge in [0.15, 0.2) is 0 Å². The summed E-state index contributed by atoms with van der Waals surface area (Å²) in [6.45, 7) is 2.14. The molecule has 0 radical (unpaired) electrons. The van der Waals surface area contributed by atoms with E-state index in [0.29, 0.717) is 31.9 Å². The Kier molecular flexibility index (Phi) is 4.67. The Morgan fingerprint density at radius 3 is 2.65 bits per heavy atom. The number of primary amides is 1. The van der Waals surface area contributed by atoms with Crippen molar-refractivity contribution in [1.29, 1.82) is 0 Å². The van der Waals surface area contributed by atoms with Crippen molar-refractivity contribution in [2.45, 2.75) is 12.6 Å². The van der Waals surface area contributed by atoms with Crippen molar-refractivity contribution in [1.82, 2.24) is 10.3 Å². The topological polar surface area (TPSA) is 111 Å². The van der Waals surface area contributed by atoms with Crippen LogP contribution in [0.1, 0.15) is 15.9 Å². The number of nitrogen functional groups attached to an aromatic ring is 1. The lowest BCUT2D eigenvalue weighted by atomic mass is 10.1. The van der Waals surface area contributed by atoms with E-state index in [1.807, 2.05) is 17.0 Å². The average Bonchev–Trinajstić information content (AvgIpc) is 2.47. The highest BCUT2D eigenvalue weighted by atomic mass is 16.5. The Morgan fingerprint density at radius 2 is 2.05 bits per heavy atom. The first-order valence-electron chi connectivity index (χ1n) is 6.33. The smallest absolute Gasteiger partial charge is 0.265 e. The van der Waals surface area contributed by atoms with Gasteiger partial charge in [0.05, 0.1) is 13.2 Å². The number of nitrogens with two attached hydrogens (primary N) is 2. The molecule has 0 spiro atoms. The zero-order valence-corrected chi connectivity index (χ0v) is 11.0. The molecule has 0 bridgehead atoms. The number of benzene rings is 1. The van der Waals surface area contributed by atoms with Gasteiger partial charge < -0.3 is 10.5 Å². The van der Waals surface area contributed by atoms with Crippen LogP contribution < -0.4 is 17.0 Å². The zero-order chi connectivity index (χ0) is 14.5. The number of carbonyl (C=O) groups excluding carboxylic acids is 2. The van der Waals surface area contributed by atoms with Crippen molar-refractivity contribution in [2.24, 2.45) is 11.6 Å². The fourth-order valence-corrected chi connectivity index (χ4v) is 2.17. The SMILES string of the molecule is NNC(=O)c1ccc(CN2CCOCC2C(N)=O)cc1. The molecule has 1 atom stereocenters. The van der Waals surface area contributed by atoms with Gasteiger partial charge in [-0.1, -0.05) is 12.1 Å². The monoisotopic (exact) mass is 278 g/mol. The maximum absolute atomic E-state index is 11.4. The van der Waals surface area contributed by atoms with Crippen LogP contribution in [0.15, 0.2) is 24.3 Å². The van der Waals surface area contributed by atoms with Crippen LogP contribution in [-0.4, -0.2) is 42.5 Å². The van der Waals surface area contributed by atoms with E-state index in [4.69, 9.17) is 16.3 Å². The highest BCUT2D eigenvalue weighted by Crippen LogP contribution is 2.13. The van der Waals surface area contributed by atoms with Crippen molar-refractivity contribution in [3.05, 3.63) is 35.4 Å². The maximum Gasteiger partial charge on any atom is 0.265 e.